The number of aldehydes is 1. The third kappa shape index (κ3) is 3.19. The number of hydrogen-bond donors (Lipinski definition) is 1. The van der Waals surface area contributed by atoms with E-state index in [-0.39, 0.29) is 5.91 Å². The van der Waals surface area contributed by atoms with E-state index < -0.39 is 0 Å². The van der Waals surface area contributed by atoms with Crippen LogP contribution in [-0.4, -0.2) is 22.8 Å². The molecule has 1 aromatic heterocycles. The van der Waals surface area contributed by atoms with E-state index in [9.17, 15) is 9.59 Å². The molecule has 4 nitrogen and oxygen atoms in total. The van der Waals surface area contributed by atoms with E-state index in [1.54, 1.807) is 10.6 Å². The zero-order valence-electron chi connectivity index (χ0n) is 9.89. The van der Waals surface area contributed by atoms with Crippen molar-refractivity contribution in [1.82, 2.24) is 9.88 Å². The summed E-state index contributed by atoms with van der Waals surface area (Å²) in [5, 5.41) is 3.04. The molecule has 0 saturated heterocycles. The monoisotopic (exact) mass is 234 g/mol. The molecule has 1 amide bonds. The van der Waals surface area contributed by atoms with Gasteiger partial charge in [0, 0.05) is 25.2 Å². The van der Waals surface area contributed by atoms with Crippen LogP contribution in [0.5, 0.6) is 0 Å². The molecule has 0 spiro atoms. The average molecular weight is 234 g/mol. The van der Waals surface area contributed by atoms with Crippen LogP contribution in [0.4, 0.5) is 0 Å². The second-order valence-electron chi connectivity index (χ2n) is 4.54. The Labute approximate surface area is 101 Å². The standard InChI is InChI=1S/C13H18N2O2/c16-10-12-6-3-8-15(12)9-7-13(17)14-11-4-1-2-5-11/h3,6,8,10-11H,1-2,4-5,7,9H2,(H,14,17). The molecule has 17 heavy (non-hydrogen) atoms. The largest absolute Gasteiger partial charge is 0.353 e. The number of nitrogens with one attached hydrogen (secondary N) is 1. The van der Waals surface area contributed by atoms with Crippen LogP contribution in [0, 0.1) is 0 Å². The van der Waals surface area contributed by atoms with Crippen LogP contribution in [0.2, 0.25) is 0 Å². The van der Waals surface area contributed by atoms with Crippen LogP contribution in [-0.2, 0) is 11.3 Å². The number of carbonyl (C=O) groups excluding carboxylic acids is 2. The van der Waals surface area contributed by atoms with Crippen molar-refractivity contribution in [2.24, 2.45) is 0 Å². The molecule has 1 heterocycles. The highest BCUT2D eigenvalue weighted by Gasteiger charge is 2.16. The summed E-state index contributed by atoms with van der Waals surface area (Å²) in [4.78, 5) is 22.4. The predicted molar refractivity (Wildman–Crippen MR) is 64.8 cm³/mol. The molecule has 1 fully saturated rings. The third-order valence-electron chi connectivity index (χ3n) is 3.29. The number of carbonyl (C=O) groups is 2. The molecule has 0 unspecified atom stereocenters. The van der Waals surface area contributed by atoms with E-state index in [0.717, 1.165) is 19.1 Å². The fourth-order valence-electron chi connectivity index (χ4n) is 2.33. The van der Waals surface area contributed by atoms with Gasteiger partial charge in [-0.2, -0.15) is 0 Å². The van der Waals surface area contributed by atoms with Gasteiger partial charge in [0.2, 0.25) is 5.91 Å². The van der Waals surface area contributed by atoms with Crippen molar-refractivity contribution < 1.29 is 9.59 Å². The molecule has 4 heteroatoms. The highest BCUT2D eigenvalue weighted by molar-refractivity contribution is 5.76. The van der Waals surface area contributed by atoms with Crippen LogP contribution in [0.25, 0.3) is 0 Å². The lowest BCUT2D eigenvalue weighted by molar-refractivity contribution is -0.122. The van der Waals surface area contributed by atoms with Gasteiger partial charge in [-0.1, -0.05) is 12.8 Å². The van der Waals surface area contributed by atoms with Gasteiger partial charge in [0.25, 0.3) is 0 Å². The van der Waals surface area contributed by atoms with Gasteiger partial charge in [-0.3, -0.25) is 9.59 Å². The second-order valence-corrected chi connectivity index (χ2v) is 4.54. The quantitative estimate of drug-likeness (QED) is 0.789. The maximum atomic E-state index is 11.7. The molecule has 2 rings (SSSR count). The van der Waals surface area contributed by atoms with Crippen molar-refractivity contribution in [1.29, 1.82) is 0 Å². The van der Waals surface area contributed by atoms with E-state index in [0.29, 0.717) is 24.7 Å². The second kappa shape index (κ2) is 5.66. The Balaban J connectivity index is 1.77. The Bertz CT molecular complexity index is 392. The minimum Gasteiger partial charge on any atom is -0.353 e. The summed E-state index contributed by atoms with van der Waals surface area (Å²) in [6.07, 6.45) is 7.73. The number of amides is 1. The van der Waals surface area contributed by atoms with Crippen LogP contribution in [0.3, 0.4) is 0 Å². The topological polar surface area (TPSA) is 51.1 Å². The molecular formula is C13H18N2O2. The van der Waals surface area contributed by atoms with E-state index in [1.165, 1.54) is 12.8 Å². The molecule has 1 aliphatic carbocycles. The maximum absolute atomic E-state index is 11.7. The van der Waals surface area contributed by atoms with Gasteiger partial charge in [-0.05, 0) is 25.0 Å². The Hall–Kier alpha value is -1.58. The van der Waals surface area contributed by atoms with E-state index in [2.05, 4.69) is 5.32 Å². The zero-order chi connectivity index (χ0) is 12.1. The lowest BCUT2D eigenvalue weighted by atomic mass is 10.2. The van der Waals surface area contributed by atoms with Crippen LogP contribution < -0.4 is 5.32 Å². The molecule has 0 aromatic carbocycles. The maximum Gasteiger partial charge on any atom is 0.222 e. The number of nitrogens with zero attached hydrogens (tertiary/aromatic N) is 1. The van der Waals surface area contributed by atoms with Crippen molar-refractivity contribution in [2.45, 2.75) is 44.7 Å². The van der Waals surface area contributed by atoms with Crippen molar-refractivity contribution in [3.05, 3.63) is 24.0 Å². The summed E-state index contributed by atoms with van der Waals surface area (Å²) in [7, 11) is 0. The number of aryl methyl sites for hydroxylation is 1. The summed E-state index contributed by atoms with van der Waals surface area (Å²) in [6.45, 7) is 0.569. The summed E-state index contributed by atoms with van der Waals surface area (Å²) in [6, 6.07) is 3.94. The fourth-order valence-corrected chi connectivity index (χ4v) is 2.33. The molecule has 1 saturated carbocycles. The van der Waals surface area contributed by atoms with Crippen molar-refractivity contribution >= 4 is 12.2 Å². The molecule has 0 atom stereocenters. The van der Waals surface area contributed by atoms with Gasteiger partial charge in [0.1, 0.15) is 0 Å². The minimum atomic E-state index is 0.0856. The smallest absolute Gasteiger partial charge is 0.222 e. The van der Waals surface area contributed by atoms with Gasteiger partial charge < -0.3 is 9.88 Å². The van der Waals surface area contributed by atoms with Crippen molar-refractivity contribution in [3.63, 3.8) is 0 Å². The highest BCUT2D eigenvalue weighted by Crippen LogP contribution is 2.17. The molecular weight excluding hydrogens is 216 g/mol. The van der Waals surface area contributed by atoms with E-state index in [1.807, 2.05) is 12.3 Å². The SMILES string of the molecule is O=Cc1cccn1CCC(=O)NC1CCCC1. The first-order chi connectivity index (χ1) is 8.29. The fraction of sp³-hybridized carbons (Fsp3) is 0.538. The van der Waals surface area contributed by atoms with Gasteiger partial charge in [0.15, 0.2) is 6.29 Å². The van der Waals surface area contributed by atoms with Gasteiger partial charge in [0.05, 0.1) is 5.69 Å². The Morgan fingerprint density at radius 3 is 2.94 bits per heavy atom. The first kappa shape index (κ1) is 11.9. The Morgan fingerprint density at radius 1 is 1.47 bits per heavy atom. The average Bonchev–Trinajstić information content (AvgIpc) is 2.96. The normalized spacial score (nSPS) is 16.0. The zero-order valence-corrected chi connectivity index (χ0v) is 9.89. The summed E-state index contributed by atoms with van der Waals surface area (Å²) in [5.74, 6) is 0.0856. The van der Waals surface area contributed by atoms with E-state index >= 15 is 0 Å². The third-order valence-corrected chi connectivity index (χ3v) is 3.29. The number of hydrogen-bond acceptors (Lipinski definition) is 2. The van der Waals surface area contributed by atoms with E-state index in [4.69, 9.17) is 0 Å². The van der Waals surface area contributed by atoms with Crippen molar-refractivity contribution in [2.75, 3.05) is 0 Å². The summed E-state index contributed by atoms with van der Waals surface area (Å²) < 4.78 is 1.81. The lowest BCUT2D eigenvalue weighted by Crippen LogP contribution is -2.33. The first-order valence-corrected chi connectivity index (χ1v) is 6.19. The Kier molecular flexibility index (Phi) is 3.96. The van der Waals surface area contributed by atoms with Crippen molar-refractivity contribution in [3.8, 4) is 0 Å². The molecule has 1 aliphatic rings. The molecule has 0 radical (unpaired) electrons. The lowest BCUT2D eigenvalue weighted by Gasteiger charge is -2.12. The first-order valence-electron chi connectivity index (χ1n) is 6.19. The van der Waals surface area contributed by atoms with Crippen LogP contribution in [0.1, 0.15) is 42.6 Å². The van der Waals surface area contributed by atoms with Gasteiger partial charge >= 0.3 is 0 Å². The molecule has 0 aliphatic heterocycles. The van der Waals surface area contributed by atoms with Gasteiger partial charge in [-0.15, -0.1) is 0 Å². The number of aromatic nitrogens is 1. The van der Waals surface area contributed by atoms with Crippen LogP contribution in [0.15, 0.2) is 18.3 Å². The molecule has 1 N–H and O–H groups in total. The highest BCUT2D eigenvalue weighted by atomic mass is 16.1. The number of rotatable bonds is 5. The minimum absolute atomic E-state index is 0.0856. The Morgan fingerprint density at radius 2 is 2.24 bits per heavy atom. The molecule has 1 aromatic rings. The summed E-state index contributed by atoms with van der Waals surface area (Å²) in [5.41, 5.74) is 0.624. The van der Waals surface area contributed by atoms with Crippen LogP contribution >= 0.6 is 0 Å². The summed E-state index contributed by atoms with van der Waals surface area (Å²) >= 11 is 0. The molecule has 0 bridgehead atoms. The van der Waals surface area contributed by atoms with Gasteiger partial charge in [-0.25, -0.2) is 0 Å². The molecule has 92 valence electrons. The predicted octanol–water partition coefficient (Wildman–Crippen LogP) is 1.75.